The zero-order valence-corrected chi connectivity index (χ0v) is 16.9. The van der Waals surface area contributed by atoms with Crippen molar-refractivity contribution in [2.24, 2.45) is 5.92 Å². The van der Waals surface area contributed by atoms with Gasteiger partial charge in [0.25, 0.3) is 0 Å². The molecule has 8 heteroatoms. The van der Waals surface area contributed by atoms with Crippen LogP contribution in [-0.2, 0) is 16.1 Å². The van der Waals surface area contributed by atoms with Gasteiger partial charge < -0.3 is 16.0 Å². The number of amides is 2. The van der Waals surface area contributed by atoms with E-state index < -0.39 is 0 Å². The summed E-state index contributed by atoms with van der Waals surface area (Å²) in [6, 6.07) is 4.40. The van der Waals surface area contributed by atoms with Crippen LogP contribution in [-0.4, -0.2) is 29.4 Å². The lowest BCUT2D eigenvalue weighted by Gasteiger charge is -2.26. The number of hydrogen-bond donors (Lipinski definition) is 3. The summed E-state index contributed by atoms with van der Waals surface area (Å²) in [5.41, 5.74) is 0.906. The van der Waals surface area contributed by atoms with Crippen LogP contribution in [0.2, 0.25) is 0 Å². The Morgan fingerprint density at radius 2 is 2.15 bits per heavy atom. The molecule has 0 spiro atoms. The van der Waals surface area contributed by atoms with Gasteiger partial charge in [-0.25, -0.2) is 4.98 Å². The molecule has 1 aliphatic rings. The number of nitrogens with one attached hydrogen (secondary N) is 3. The number of nitrogens with zero attached hydrogens (tertiary/aromatic N) is 1. The fraction of sp³-hybridized carbons (Fsp3) is 0.500. The van der Waals surface area contributed by atoms with E-state index in [2.05, 4.69) is 27.9 Å². The molecule has 140 valence electrons. The number of carbonyl (C=O) groups is 2. The summed E-state index contributed by atoms with van der Waals surface area (Å²) in [5, 5.41) is 9.83. The van der Waals surface area contributed by atoms with E-state index in [9.17, 15) is 9.59 Å². The number of thiazole rings is 1. The van der Waals surface area contributed by atoms with Crippen molar-refractivity contribution >= 4 is 39.6 Å². The molecule has 2 aromatic heterocycles. The van der Waals surface area contributed by atoms with E-state index in [-0.39, 0.29) is 17.7 Å². The summed E-state index contributed by atoms with van der Waals surface area (Å²) in [6.07, 6.45) is 1.73. The Kier molecular flexibility index (Phi) is 6.05. The highest BCUT2D eigenvalue weighted by atomic mass is 32.1. The Morgan fingerprint density at radius 3 is 2.88 bits per heavy atom. The van der Waals surface area contributed by atoms with Crippen molar-refractivity contribution in [3.63, 3.8) is 0 Å². The molecule has 3 heterocycles. The number of rotatable bonds is 5. The Balaban J connectivity index is 1.67. The molecule has 2 aromatic rings. The van der Waals surface area contributed by atoms with Crippen LogP contribution in [0, 0.1) is 12.8 Å². The average Bonchev–Trinajstić information content (AvgIpc) is 3.19. The summed E-state index contributed by atoms with van der Waals surface area (Å²) in [5.74, 6) is 0.0723. The van der Waals surface area contributed by atoms with Gasteiger partial charge in [0.05, 0.1) is 17.1 Å². The summed E-state index contributed by atoms with van der Waals surface area (Å²) >= 11 is 3.12. The monoisotopic (exact) mass is 392 g/mol. The van der Waals surface area contributed by atoms with E-state index >= 15 is 0 Å². The molecular formula is C18H24N4O2S2. The normalized spacial score (nSPS) is 20.0. The Labute approximate surface area is 161 Å². The minimum atomic E-state index is -0.0398. The maximum absolute atomic E-state index is 12.5. The van der Waals surface area contributed by atoms with Crippen molar-refractivity contribution < 1.29 is 9.59 Å². The zero-order valence-electron chi connectivity index (χ0n) is 15.2. The number of thiophene rings is 1. The van der Waals surface area contributed by atoms with Crippen molar-refractivity contribution in [2.45, 2.75) is 46.2 Å². The molecule has 0 radical (unpaired) electrons. The summed E-state index contributed by atoms with van der Waals surface area (Å²) in [6.45, 7) is 7.05. The molecule has 1 saturated heterocycles. The van der Waals surface area contributed by atoms with Crippen molar-refractivity contribution in [3.8, 4) is 10.6 Å². The van der Waals surface area contributed by atoms with Crippen molar-refractivity contribution in [1.29, 1.82) is 0 Å². The van der Waals surface area contributed by atoms with Gasteiger partial charge in [-0.2, -0.15) is 0 Å². The van der Waals surface area contributed by atoms with Crippen LogP contribution in [0.15, 0.2) is 12.1 Å². The number of anilines is 1. The standard InChI is InChI=1S/C18H24N4O2S2/c1-10-8-13(6-7-19-10)17(24)22-18-21-16(11(2)25-18)15-5-4-14(26-15)9-20-12(3)23/h4-5,10,13,19H,6-9H2,1-3H3,(H,20,23)(H,21,22,24)/t10-,13-/m0/s1. The van der Waals surface area contributed by atoms with Crippen LogP contribution < -0.4 is 16.0 Å². The number of carbonyl (C=O) groups excluding carboxylic acids is 2. The van der Waals surface area contributed by atoms with Gasteiger partial charge in [-0.3, -0.25) is 9.59 Å². The van der Waals surface area contributed by atoms with Crippen molar-refractivity contribution in [1.82, 2.24) is 15.6 Å². The van der Waals surface area contributed by atoms with E-state index in [0.717, 1.165) is 39.7 Å². The third-order valence-corrected chi connectivity index (χ3v) is 6.41. The first-order valence-electron chi connectivity index (χ1n) is 8.77. The fourth-order valence-corrected chi connectivity index (χ4v) is 4.96. The van der Waals surface area contributed by atoms with Gasteiger partial charge in [0.2, 0.25) is 11.8 Å². The number of aryl methyl sites for hydroxylation is 1. The highest BCUT2D eigenvalue weighted by Crippen LogP contribution is 2.35. The molecule has 2 amide bonds. The fourth-order valence-electron chi connectivity index (χ4n) is 3.07. The van der Waals surface area contributed by atoms with Gasteiger partial charge in [0.1, 0.15) is 0 Å². The first-order valence-corrected chi connectivity index (χ1v) is 10.4. The third-order valence-electron chi connectivity index (χ3n) is 4.43. The SMILES string of the molecule is CC(=O)NCc1ccc(-c2nc(NC(=O)[C@H]3CCN[C@@H](C)C3)sc2C)s1. The third kappa shape index (κ3) is 4.69. The number of aromatic nitrogens is 1. The summed E-state index contributed by atoms with van der Waals surface area (Å²) < 4.78 is 0. The Morgan fingerprint density at radius 1 is 1.35 bits per heavy atom. The summed E-state index contributed by atoms with van der Waals surface area (Å²) in [4.78, 5) is 31.4. The molecule has 6 nitrogen and oxygen atoms in total. The maximum Gasteiger partial charge on any atom is 0.229 e. The molecule has 3 rings (SSSR count). The van der Waals surface area contributed by atoms with Crippen LogP contribution in [0.25, 0.3) is 10.6 Å². The van der Waals surface area contributed by atoms with E-state index in [4.69, 9.17) is 0 Å². The van der Waals surface area contributed by atoms with Crippen LogP contribution in [0.3, 0.4) is 0 Å². The molecule has 3 N–H and O–H groups in total. The predicted octanol–water partition coefficient (Wildman–Crippen LogP) is 3.14. The minimum Gasteiger partial charge on any atom is -0.351 e. The zero-order chi connectivity index (χ0) is 18.7. The first-order chi connectivity index (χ1) is 12.4. The first kappa shape index (κ1) is 19.0. The summed E-state index contributed by atoms with van der Waals surface area (Å²) in [7, 11) is 0. The van der Waals surface area contributed by atoms with E-state index in [1.54, 1.807) is 11.3 Å². The van der Waals surface area contributed by atoms with Gasteiger partial charge in [-0.1, -0.05) is 0 Å². The van der Waals surface area contributed by atoms with E-state index in [1.165, 1.54) is 18.3 Å². The van der Waals surface area contributed by atoms with Crippen molar-refractivity contribution in [2.75, 3.05) is 11.9 Å². The second kappa shape index (κ2) is 8.28. The molecule has 0 saturated carbocycles. The molecular weight excluding hydrogens is 368 g/mol. The highest BCUT2D eigenvalue weighted by molar-refractivity contribution is 7.18. The molecule has 1 fully saturated rings. The van der Waals surface area contributed by atoms with Gasteiger partial charge >= 0.3 is 0 Å². The molecule has 26 heavy (non-hydrogen) atoms. The number of piperidine rings is 1. The molecule has 0 aliphatic carbocycles. The lowest BCUT2D eigenvalue weighted by Crippen LogP contribution is -2.40. The van der Waals surface area contributed by atoms with Crippen molar-refractivity contribution in [3.05, 3.63) is 21.9 Å². The molecule has 1 aliphatic heterocycles. The van der Waals surface area contributed by atoms with Crippen LogP contribution in [0.4, 0.5) is 5.13 Å². The second-order valence-electron chi connectivity index (χ2n) is 6.67. The topological polar surface area (TPSA) is 83.1 Å². The van der Waals surface area contributed by atoms with Gasteiger partial charge in [-0.15, -0.1) is 22.7 Å². The largest absolute Gasteiger partial charge is 0.351 e. The molecule has 0 unspecified atom stereocenters. The van der Waals surface area contributed by atoms with Gasteiger partial charge in [0.15, 0.2) is 5.13 Å². The van der Waals surface area contributed by atoms with E-state index in [0.29, 0.717) is 17.7 Å². The Bertz CT molecular complexity index is 799. The highest BCUT2D eigenvalue weighted by Gasteiger charge is 2.25. The average molecular weight is 393 g/mol. The molecule has 0 aromatic carbocycles. The predicted molar refractivity (Wildman–Crippen MR) is 107 cm³/mol. The van der Waals surface area contributed by atoms with Gasteiger partial charge in [0, 0.05) is 28.6 Å². The number of hydrogen-bond acceptors (Lipinski definition) is 6. The quantitative estimate of drug-likeness (QED) is 0.730. The molecule has 0 bridgehead atoms. The Hall–Kier alpha value is -1.77. The molecule has 2 atom stereocenters. The lowest BCUT2D eigenvalue weighted by atomic mass is 9.92. The van der Waals surface area contributed by atoms with Crippen LogP contribution >= 0.6 is 22.7 Å². The smallest absolute Gasteiger partial charge is 0.229 e. The second-order valence-corrected chi connectivity index (χ2v) is 9.04. The van der Waals surface area contributed by atoms with Crippen LogP contribution in [0.5, 0.6) is 0 Å². The van der Waals surface area contributed by atoms with E-state index in [1.807, 2.05) is 19.1 Å². The van der Waals surface area contributed by atoms with Crippen LogP contribution in [0.1, 0.15) is 36.4 Å². The van der Waals surface area contributed by atoms with Gasteiger partial charge in [-0.05, 0) is 45.4 Å². The lowest BCUT2D eigenvalue weighted by molar-refractivity contribution is -0.121. The minimum absolute atomic E-state index is 0.0398. The maximum atomic E-state index is 12.5.